The van der Waals surface area contributed by atoms with Gasteiger partial charge in [0.1, 0.15) is 0 Å². The van der Waals surface area contributed by atoms with Gasteiger partial charge in [0.25, 0.3) is 0 Å². The third kappa shape index (κ3) is 3.22. The molecule has 10 aromatic rings. The van der Waals surface area contributed by atoms with Crippen molar-refractivity contribution in [2.75, 3.05) is 0 Å². The van der Waals surface area contributed by atoms with Crippen LogP contribution in [0.25, 0.3) is 100 Å². The number of aromatic nitrogens is 4. The Morgan fingerprint density at radius 1 is 0.565 bits per heavy atom. The van der Waals surface area contributed by atoms with Gasteiger partial charge in [-0.05, 0) is 45.8 Å². The summed E-state index contributed by atoms with van der Waals surface area (Å²) in [5, 5.41) is 11.4. The lowest BCUT2D eigenvalue weighted by atomic mass is 9.98. The fraction of sp³-hybridized carbons (Fsp3) is 0. The van der Waals surface area contributed by atoms with Crippen molar-refractivity contribution in [1.82, 2.24) is 18.9 Å². The van der Waals surface area contributed by atoms with Crippen molar-refractivity contribution < 1.29 is 0 Å². The molecule has 0 aliphatic heterocycles. The maximum atomic E-state index is 5.43. The number of hydrogen-bond acceptors (Lipinski definition) is 2. The Labute approximate surface area is 263 Å². The number of hydrogen-bond donors (Lipinski definition) is 0. The minimum absolute atomic E-state index is 0.636. The van der Waals surface area contributed by atoms with Gasteiger partial charge >= 0.3 is 0 Å². The zero-order valence-electron chi connectivity index (χ0n) is 24.9. The van der Waals surface area contributed by atoms with Crippen molar-refractivity contribution in [3.05, 3.63) is 145 Å². The van der Waals surface area contributed by atoms with Crippen LogP contribution in [0.15, 0.2) is 134 Å². The highest BCUT2D eigenvalue weighted by Crippen LogP contribution is 2.41. The molecule has 214 valence electrons. The Hall–Kier alpha value is -6.26. The van der Waals surface area contributed by atoms with Crippen LogP contribution in [-0.2, 0) is 0 Å². The molecule has 10 rings (SSSR count). The van der Waals surface area contributed by atoms with Gasteiger partial charge in [-0.1, -0.05) is 122 Å². The highest BCUT2D eigenvalue weighted by atomic mass is 15.2. The Balaban J connectivity index is 1.36. The van der Waals surface area contributed by atoms with Crippen molar-refractivity contribution in [1.29, 1.82) is 0 Å². The van der Waals surface area contributed by atoms with Crippen molar-refractivity contribution >= 4 is 83.2 Å². The third-order valence-electron chi connectivity index (χ3n) is 9.59. The molecule has 0 fully saturated rings. The summed E-state index contributed by atoms with van der Waals surface area (Å²) in [7, 11) is 0. The smallest absolute Gasteiger partial charge is 0.235 e. The molecule has 46 heavy (non-hydrogen) atoms. The number of fused-ring (bicyclic) bond motifs is 11. The second kappa shape index (κ2) is 9.13. The lowest BCUT2D eigenvalue weighted by Crippen LogP contribution is -2.07. The number of benzene rings is 6. The van der Waals surface area contributed by atoms with Crippen molar-refractivity contribution in [3.63, 3.8) is 0 Å². The summed E-state index contributed by atoms with van der Waals surface area (Å²) in [5.41, 5.74) is 7.11. The molecule has 4 heterocycles. The zero-order valence-corrected chi connectivity index (χ0v) is 24.9. The molecule has 4 aromatic heterocycles. The van der Waals surface area contributed by atoms with Crippen LogP contribution in [0, 0.1) is 0 Å². The van der Waals surface area contributed by atoms with E-state index >= 15 is 0 Å². The molecule has 6 aromatic carbocycles. The van der Waals surface area contributed by atoms with Crippen molar-refractivity contribution in [2.24, 2.45) is 0 Å². The van der Waals surface area contributed by atoms with Gasteiger partial charge in [-0.25, -0.2) is 9.97 Å². The summed E-state index contributed by atoms with van der Waals surface area (Å²) < 4.78 is 4.49. The predicted molar refractivity (Wildman–Crippen MR) is 194 cm³/mol. The Morgan fingerprint density at radius 3 is 2.04 bits per heavy atom. The average Bonchev–Trinajstić information content (AvgIpc) is 3.72. The Kier molecular flexibility index (Phi) is 4.98. The molecule has 4 nitrogen and oxygen atoms in total. The highest BCUT2D eigenvalue weighted by Gasteiger charge is 2.25. The monoisotopic (exact) mass is 586 g/mol. The predicted octanol–water partition coefficient (Wildman–Crippen LogP) is 9.88. The topological polar surface area (TPSA) is 35.1 Å². The first-order valence-electron chi connectivity index (χ1n) is 15.5. The first-order valence-corrected chi connectivity index (χ1v) is 15.5. The van der Waals surface area contributed by atoms with Gasteiger partial charge in [0.05, 0.1) is 33.5 Å². The minimum Gasteiger partial charge on any atom is -0.307 e. The molecular weight excluding hydrogens is 560 g/mol. The molecule has 0 N–H and O–H groups in total. The van der Waals surface area contributed by atoms with Crippen LogP contribution in [0.2, 0.25) is 0 Å². The van der Waals surface area contributed by atoms with Crippen LogP contribution >= 0.6 is 0 Å². The second-order valence-corrected chi connectivity index (χ2v) is 12.0. The van der Waals surface area contributed by atoms with E-state index in [4.69, 9.17) is 9.97 Å². The fourth-order valence-electron chi connectivity index (χ4n) is 7.59. The molecular formula is C42H26N4. The minimum atomic E-state index is 0.636. The largest absolute Gasteiger partial charge is 0.307 e. The van der Waals surface area contributed by atoms with E-state index in [2.05, 4.69) is 143 Å². The molecule has 0 amide bonds. The summed E-state index contributed by atoms with van der Waals surface area (Å²) >= 11 is 0. The van der Waals surface area contributed by atoms with E-state index < -0.39 is 0 Å². The van der Waals surface area contributed by atoms with Crippen LogP contribution in [0.5, 0.6) is 0 Å². The van der Waals surface area contributed by atoms with Crippen LogP contribution in [0.1, 0.15) is 5.69 Å². The lowest BCUT2D eigenvalue weighted by Gasteiger charge is -2.13. The van der Waals surface area contributed by atoms with Crippen LogP contribution in [-0.4, -0.2) is 18.9 Å². The molecule has 0 bridgehead atoms. The Morgan fingerprint density at radius 2 is 1.22 bits per heavy atom. The molecule has 0 aliphatic carbocycles. The summed E-state index contributed by atoms with van der Waals surface area (Å²) in [6.07, 6.45) is 1.95. The third-order valence-corrected chi connectivity index (χ3v) is 9.59. The maximum absolute atomic E-state index is 5.43. The van der Waals surface area contributed by atoms with Crippen LogP contribution < -0.4 is 5.35 Å². The van der Waals surface area contributed by atoms with Gasteiger partial charge in [-0.15, -0.1) is 0 Å². The quantitative estimate of drug-likeness (QED) is 0.193. The second-order valence-electron chi connectivity index (χ2n) is 12.0. The molecule has 0 aliphatic rings. The fourth-order valence-corrected chi connectivity index (χ4v) is 7.59. The lowest BCUT2D eigenvalue weighted by molar-refractivity contribution is 1.02. The standard InChI is InChI=1S/C42H26N4/c1-3-36-38-33-17-9-11-19-37(33)46(41(38)40-31-15-7-6-13-29(31)25(2)45(36)40)42-43-35-18-10-8-16-32(35)39(44-42)28-23-22-27-21-20-26-12-4-5-14-30(26)34(27)24-28/h3-24H,1-2H2. The van der Waals surface area contributed by atoms with Gasteiger partial charge in [0.15, 0.2) is 0 Å². The molecule has 0 saturated heterocycles. The molecule has 0 radical (unpaired) electrons. The summed E-state index contributed by atoms with van der Waals surface area (Å²) in [6.45, 7) is 8.77. The van der Waals surface area contributed by atoms with Crippen molar-refractivity contribution in [2.45, 2.75) is 0 Å². The molecule has 0 atom stereocenters. The van der Waals surface area contributed by atoms with Gasteiger partial charge in [0.2, 0.25) is 5.95 Å². The highest BCUT2D eigenvalue weighted by molar-refractivity contribution is 6.23. The zero-order chi connectivity index (χ0) is 30.5. The van der Waals surface area contributed by atoms with E-state index in [0.717, 1.165) is 71.3 Å². The number of nitrogens with zero attached hydrogens (tertiary/aromatic N) is 4. The summed E-state index contributed by atoms with van der Waals surface area (Å²) in [4.78, 5) is 10.7. The molecule has 4 heteroatoms. The van der Waals surface area contributed by atoms with E-state index in [1.807, 2.05) is 12.1 Å². The van der Waals surface area contributed by atoms with Crippen molar-refractivity contribution in [3.8, 4) is 17.2 Å². The SMILES string of the molecule is C=Cc1c2c3ccccc3n(-c3nc(-c4ccc5ccc6ccccc6c5c4)c4ccccc4n3)c2c2c3ccccc3c(=C)n12. The summed E-state index contributed by atoms with van der Waals surface area (Å²) in [5.74, 6) is 0.636. The molecule has 0 unspecified atom stereocenters. The van der Waals surface area contributed by atoms with Crippen LogP contribution in [0.4, 0.5) is 0 Å². The summed E-state index contributed by atoms with van der Waals surface area (Å²) in [6, 6.07) is 45.0. The normalized spacial score (nSPS) is 12.1. The Bertz CT molecular complexity index is 2960. The van der Waals surface area contributed by atoms with E-state index in [1.54, 1.807) is 0 Å². The van der Waals surface area contributed by atoms with E-state index in [9.17, 15) is 0 Å². The average molecular weight is 587 g/mol. The van der Waals surface area contributed by atoms with Gasteiger partial charge < -0.3 is 4.40 Å². The van der Waals surface area contributed by atoms with E-state index in [-0.39, 0.29) is 0 Å². The molecule has 0 saturated carbocycles. The maximum Gasteiger partial charge on any atom is 0.235 e. The number of para-hydroxylation sites is 2. The first kappa shape index (κ1) is 25.1. The first-order chi connectivity index (χ1) is 22.7. The van der Waals surface area contributed by atoms with Gasteiger partial charge in [-0.3, -0.25) is 4.57 Å². The van der Waals surface area contributed by atoms with Gasteiger partial charge in [0, 0.05) is 37.8 Å². The van der Waals surface area contributed by atoms with E-state index in [0.29, 0.717) is 5.95 Å². The van der Waals surface area contributed by atoms with E-state index in [1.165, 1.54) is 21.5 Å². The van der Waals surface area contributed by atoms with Crippen LogP contribution in [0.3, 0.4) is 0 Å². The molecule has 0 spiro atoms. The van der Waals surface area contributed by atoms with Gasteiger partial charge in [-0.2, -0.15) is 0 Å². The number of rotatable bonds is 3.